The molecule has 0 atom stereocenters. The largest absolute Gasteiger partial charge is 0.161 e. The summed E-state index contributed by atoms with van der Waals surface area (Å²) in [6.07, 6.45) is 6.59. The Morgan fingerprint density at radius 1 is 0.500 bits per heavy atom. The first-order chi connectivity index (χ1) is 13.8. The third-order valence-corrected chi connectivity index (χ3v) is 9.15. The summed E-state index contributed by atoms with van der Waals surface area (Å²) < 4.78 is 0. The lowest BCUT2D eigenvalue weighted by atomic mass is 10.2. The third-order valence-electron chi connectivity index (χ3n) is 4.60. The van der Waals surface area contributed by atoms with E-state index in [1.54, 1.807) is 0 Å². The van der Waals surface area contributed by atoms with E-state index in [0.29, 0.717) is 0 Å². The van der Waals surface area contributed by atoms with Gasteiger partial charge in [-0.3, -0.25) is 0 Å². The van der Waals surface area contributed by atoms with E-state index in [1.807, 2.05) is 35.3 Å². The third kappa shape index (κ3) is 5.19. The maximum Gasteiger partial charge on any atom is 0.0188 e. The molecule has 3 rings (SSSR count). The quantitative estimate of drug-likeness (QED) is 0.371. The number of rotatable bonds is 9. The van der Waals surface area contributed by atoms with Crippen LogP contribution in [0.3, 0.4) is 0 Å². The molecule has 0 aliphatic rings. The molecule has 0 fully saturated rings. The summed E-state index contributed by atoms with van der Waals surface area (Å²) >= 11 is 5.72. The maximum absolute atomic E-state index is 2.36. The first-order valence-electron chi connectivity index (χ1n) is 9.30. The first-order valence-corrected chi connectivity index (χ1v) is 14.8. The van der Waals surface area contributed by atoms with E-state index in [2.05, 4.69) is 91.6 Å². The van der Waals surface area contributed by atoms with E-state index in [9.17, 15) is 0 Å². The second-order valence-corrected chi connectivity index (χ2v) is 11.2. The van der Waals surface area contributed by atoms with E-state index < -0.39 is 7.92 Å². The van der Waals surface area contributed by atoms with Crippen LogP contribution < -0.4 is 15.9 Å². The van der Waals surface area contributed by atoms with E-state index in [0.717, 1.165) is 17.3 Å². The minimum absolute atomic E-state index is 0.583. The Balaban J connectivity index is 2.25. The fraction of sp³-hybridized carbons (Fsp3) is 0.250. The molecule has 0 aromatic heterocycles. The van der Waals surface area contributed by atoms with Crippen molar-refractivity contribution in [1.82, 2.24) is 0 Å². The minimum atomic E-state index is -0.583. The van der Waals surface area contributed by atoms with Crippen LogP contribution in [-0.4, -0.2) is 18.8 Å². The van der Waals surface area contributed by atoms with Crippen LogP contribution in [0.2, 0.25) is 0 Å². The summed E-state index contributed by atoms with van der Waals surface area (Å²) in [7, 11) is -0.583. The fourth-order valence-electron chi connectivity index (χ4n) is 3.41. The average molecular weight is 443 g/mol. The highest BCUT2D eigenvalue weighted by atomic mass is 32.2. The summed E-state index contributed by atoms with van der Waals surface area (Å²) in [6, 6.07) is 27.2. The second kappa shape index (κ2) is 11.4. The molecule has 0 amide bonds. The summed E-state index contributed by atoms with van der Waals surface area (Å²) in [6.45, 7) is 0. The number of thioether (sulfide) groups is 3. The SMILES string of the molecule is CSCc1ccccc1P(c1ccccc1CSC)c1ccccc1CSC. The predicted molar refractivity (Wildman–Crippen MR) is 137 cm³/mol. The lowest BCUT2D eigenvalue weighted by molar-refractivity contribution is 1.43. The Morgan fingerprint density at radius 3 is 1.07 bits per heavy atom. The van der Waals surface area contributed by atoms with Crippen LogP contribution in [0.25, 0.3) is 0 Å². The molecule has 0 saturated carbocycles. The molecule has 0 nitrogen and oxygen atoms in total. The molecule has 0 unspecified atom stereocenters. The Bertz CT molecular complexity index is 777. The highest BCUT2D eigenvalue weighted by Gasteiger charge is 2.23. The Hall–Kier alpha value is -0.860. The monoisotopic (exact) mass is 442 g/mol. The van der Waals surface area contributed by atoms with Gasteiger partial charge in [0.2, 0.25) is 0 Å². The summed E-state index contributed by atoms with van der Waals surface area (Å²) in [5.41, 5.74) is 4.41. The van der Waals surface area contributed by atoms with Crippen LogP contribution in [0.15, 0.2) is 72.8 Å². The van der Waals surface area contributed by atoms with Crippen molar-refractivity contribution in [2.45, 2.75) is 17.3 Å². The van der Waals surface area contributed by atoms with Crippen molar-refractivity contribution in [2.24, 2.45) is 0 Å². The van der Waals surface area contributed by atoms with Gasteiger partial charge in [0.1, 0.15) is 0 Å². The molecule has 0 bridgehead atoms. The van der Waals surface area contributed by atoms with E-state index >= 15 is 0 Å². The van der Waals surface area contributed by atoms with Crippen LogP contribution >= 0.6 is 43.2 Å². The van der Waals surface area contributed by atoms with Gasteiger partial charge in [0.05, 0.1) is 0 Å². The zero-order chi connectivity index (χ0) is 19.8. The minimum Gasteiger partial charge on any atom is -0.161 e. The molecule has 28 heavy (non-hydrogen) atoms. The van der Waals surface area contributed by atoms with Crippen molar-refractivity contribution >= 4 is 59.1 Å². The zero-order valence-electron chi connectivity index (χ0n) is 16.7. The van der Waals surface area contributed by atoms with Gasteiger partial charge in [-0.25, -0.2) is 0 Å². The normalized spacial score (nSPS) is 11.1. The molecule has 0 spiro atoms. The summed E-state index contributed by atoms with van der Waals surface area (Å²) in [4.78, 5) is 0. The van der Waals surface area contributed by atoms with Crippen LogP contribution in [0, 0.1) is 0 Å². The van der Waals surface area contributed by atoms with Gasteiger partial charge in [-0.1, -0.05) is 72.8 Å². The van der Waals surface area contributed by atoms with Gasteiger partial charge >= 0.3 is 0 Å². The molecule has 3 aromatic carbocycles. The maximum atomic E-state index is 2.36. The molecule has 0 aliphatic heterocycles. The van der Waals surface area contributed by atoms with Crippen LogP contribution in [-0.2, 0) is 17.3 Å². The summed E-state index contributed by atoms with van der Waals surface area (Å²) in [5, 5.41) is 4.52. The lowest BCUT2D eigenvalue weighted by Gasteiger charge is -2.26. The van der Waals surface area contributed by atoms with Gasteiger partial charge < -0.3 is 0 Å². The fourth-order valence-corrected chi connectivity index (χ4v) is 8.22. The molecule has 3 aromatic rings. The highest BCUT2D eigenvalue weighted by Crippen LogP contribution is 2.38. The molecule has 0 N–H and O–H groups in total. The van der Waals surface area contributed by atoms with Gasteiger partial charge in [0, 0.05) is 17.3 Å². The Labute approximate surface area is 184 Å². The van der Waals surface area contributed by atoms with E-state index in [4.69, 9.17) is 0 Å². The smallest absolute Gasteiger partial charge is 0.0188 e. The zero-order valence-corrected chi connectivity index (χ0v) is 20.1. The van der Waals surface area contributed by atoms with Crippen molar-refractivity contribution in [3.63, 3.8) is 0 Å². The van der Waals surface area contributed by atoms with Gasteiger partial charge in [-0.2, -0.15) is 35.3 Å². The van der Waals surface area contributed by atoms with E-state index in [-0.39, 0.29) is 0 Å². The standard InChI is InChI=1S/C24H27PS3/c1-26-16-19-10-4-7-13-22(19)25(23-14-8-5-11-20(23)17-27-2)24-15-9-6-12-21(24)18-28-3/h4-15H,16-18H2,1-3H3. The number of hydrogen-bond acceptors (Lipinski definition) is 3. The summed E-state index contributed by atoms with van der Waals surface area (Å²) in [5.74, 6) is 3.18. The van der Waals surface area contributed by atoms with E-state index in [1.165, 1.54) is 32.6 Å². The van der Waals surface area contributed by atoms with Crippen molar-refractivity contribution < 1.29 is 0 Å². The van der Waals surface area contributed by atoms with Crippen molar-refractivity contribution in [1.29, 1.82) is 0 Å². The van der Waals surface area contributed by atoms with Crippen LogP contribution in [0.1, 0.15) is 16.7 Å². The highest BCUT2D eigenvalue weighted by molar-refractivity contribution is 7.98. The van der Waals surface area contributed by atoms with Crippen molar-refractivity contribution in [3.05, 3.63) is 89.5 Å². The molecule has 0 radical (unpaired) electrons. The molecule has 0 heterocycles. The first kappa shape index (κ1) is 21.8. The lowest BCUT2D eigenvalue weighted by Crippen LogP contribution is -2.27. The van der Waals surface area contributed by atoms with Crippen LogP contribution in [0.5, 0.6) is 0 Å². The van der Waals surface area contributed by atoms with Crippen LogP contribution in [0.4, 0.5) is 0 Å². The molecule has 4 heteroatoms. The van der Waals surface area contributed by atoms with Gasteiger partial charge in [0.25, 0.3) is 0 Å². The van der Waals surface area contributed by atoms with Gasteiger partial charge in [-0.15, -0.1) is 0 Å². The molecule has 0 saturated heterocycles. The van der Waals surface area contributed by atoms with Gasteiger partial charge in [-0.05, 0) is 59.3 Å². The predicted octanol–water partition coefficient (Wildman–Crippen LogP) is 6.03. The topological polar surface area (TPSA) is 0 Å². The molecule has 0 aliphatic carbocycles. The Kier molecular flexibility index (Phi) is 8.86. The van der Waals surface area contributed by atoms with Gasteiger partial charge in [0.15, 0.2) is 0 Å². The van der Waals surface area contributed by atoms with Crippen molar-refractivity contribution in [3.8, 4) is 0 Å². The molecular weight excluding hydrogens is 415 g/mol. The number of benzene rings is 3. The van der Waals surface area contributed by atoms with Crippen molar-refractivity contribution in [2.75, 3.05) is 18.8 Å². The molecule has 146 valence electrons. The Morgan fingerprint density at radius 2 is 0.786 bits per heavy atom. The molecular formula is C24H27PS3. The number of hydrogen-bond donors (Lipinski definition) is 0. The second-order valence-electron chi connectivity index (χ2n) is 6.52. The average Bonchev–Trinajstić information content (AvgIpc) is 2.72.